The highest BCUT2D eigenvalue weighted by Crippen LogP contribution is 2.24. The molecule has 0 aliphatic rings. The molecule has 1 rings (SSSR count). The lowest BCUT2D eigenvalue weighted by Crippen LogP contribution is -2.18. The van der Waals surface area contributed by atoms with Gasteiger partial charge in [0.2, 0.25) is 0 Å². The maximum atomic E-state index is 5.86. The Morgan fingerprint density at radius 3 is 2.24 bits per heavy atom. The zero-order valence-corrected chi connectivity index (χ0v) is 12.0. The Kier molecular flexibility index (Phi) is 4.31. The molecule has 0 amide bonds. The second-order valence-corrected chi connectivity index (χ2v) is 6.23. The lowest BCUT2D eigenvalue weighted by atomic mass is 9.95. The highest BCUT2D eigenvalue weighted by atomic mass is 15.3. The van der Waals surface area contributed by atoms with E-state index in [1.165, 1.54) is 0 Å². The summed E-state index contributed by atoms with van der Waals surface area (Å²) in [5, 5.41) is 4.51. The fourth-order valence-electron chi connectivity index (χ4n) is 1.95. The fourth-order valence-corrected chi connectivity index (χ4v) is 1.95. The molecule has 0 aliphatic heterocycles. The number of rotatable bonds is 4. The maximum absolute atomic E-state index is 5.86. The van der Waals surface area contributed by atoms with Gasteiger partial charge in [0.15, 0.2) is 5.82 Å². The Bertz CT molecular complexity index is 360. The molecule has 0 bridgehead atoms. The van der Waals surface area contributed by atoms with Gasteiger partial charge in [0.05, 0.1) is 0 Å². The van der Waals surface area contributed by atoms with E-state index >= 15 is 0 Å². The van der Waals surface area contributed by atoms with Gasteiger partial charge >= 0.3 is 0 Å². The lowest BCUT2D eigenvalue weighted by Gasteiger charge is -2.16. The molecule has 1 unspecified atom stereocenters. The number of aromatic nitrogens is 3. The van der Waals surface area contributed by atoms with Crippen LogP contribution in [0.4, 0.5) is 0 Å². The fraction of sp³-hybridized carbons (Fsp3) is 0.846. The number of hydrogen-bond acceptors (Lipinski definition) is 3. The second-order valence-electron chi connectivity index (χ2n) is 6.23. The van der Waals surface area contributed by atoms with Crippen LogP contribution < -0.4 is 5.73 Å². The van der Waals surface area contributed by atoms with Crippen LogP contribution in [0.25, 0.3) is 0 Å². The third-order valence-corrected chi connectivity index (χ3v) is 2.87. The van der Waals surface area contributed by atoms with Gasteiger partial charge in [-0.1, -0.05) is 34.6 Å². The lowest BCUT2D eigenvalue weighted by molar-refractivity contribution is 0.472. The molecule has 0 radical (unpaired) electrons. The van der Waals surface area contributed by atoms with Crippen molar-refractivity contribution < 1.29 is 0 Å². The van der Waals surface area contributed by atoms with Crippen LogP contribution in [0, 0.1) is 5.92 Å². The van der Waals surface area contributed by atoms with Gasteiger partial charge in [-0.05, 0) is 12.3 Å². The van der Waals surface area contributed by atoms with Crippen LogP contribution in [0.1, 0.15) is 58.6 Å². The second kappa shape index (κ2) is 5.17. The molecular formula is C13H26N4. The Balaban J connectivity index is 3.00. The highest BCUT2D eigenvalue weighted by molar-refractivity contribution is 5.07. The van der Waals surface area contributed by atoms with Gasteiger partial charge in [-0.15, -0.1) is 0 Å². The molecule has 0 saturated carbocycles. The predicted octanol–water partition coefficient (Wildman–Crippen LogP) is 2.20. The van der Waals surface area contributed by atoms with Crippen molar-refractivity contribution in [3.8, 4) is 0 Å². The van der Waals surface area contributed by atoms with E-state index in [4.69, 9.17) is 5.73 Å². The summed E-state index contributed by atoms with van der Waals surface area (Å²) in [6.07, 6.45) is 1.06. The molecular weight excluding hydrogens is 212 g/mol. The minimum Gasteiger partial charge on any atom is -0.330 e. The highest BCUT2D eigenvalue weighted by Gasteiger charge is 2.24. The van der Waals surface area contributed by atoms with Crippen molar-refractivity contribution in [2.75, 3.05) is 6.54 Å². The number of nitrogens with two attached hydrogens (primary N) is 1. The smallest absolute Gasteiger partial charge is 0.156 e. The first-order valence-electron chi connectivity index (χ1n) is 6.37. The van der Waals surface area contributed by atoms with E-state index in [9.17, 15) is 0 Å². The molecule has 2 N–H and O–H groups in total. The molecule has 0 fully saturated rings. The predicted molar refractivity (Wildman–Crippen MR) is 71.0 cm³/mol. The summed E-state index contributed by atoms with van der Waals surface area (Å²) in [5.41, 5.74) is 5.85. The van der Waals surface area contributed by atoms with Crippen LogP contribution in [0.5, 0.6) is 0 Å². The molecule has 0 saturated heterocycles. The van der Waals surface area contributed by atoms with Crippen LogP contribution in [0.2, 0.25) is 0 Å². The van der Waals surface area contributed by atoms with Gasteiger partial charge in [-0.2, -0.15) is 5.10 Å². The zero-order valence-electron chi connectivity index (χ0n) is 12.0. The van der Waals surface area contributed by atoms with E-state index in [2.05, 4.69) is 44.7 Å². The average Bonchev–Trinajstić information content (AvgIpc) is 2.56. The first-order chi connectivity index (χ1) is 7.75. The van der Waals surface area contributed by atoms with Crippen molar-refractivity contribution in [3.05, 3.63) is 11.6 Å². The van der Waals surface area contributed by atoms with Crippen LogP contribution in [-0.2, 0) is 12.5 Å². The molecule has 0 aromatic carbocycles. The van der Waals surface area contributed by atoms with E-state index in [1.54, 1.807) is 0 Å². The van der Waals surface area contributed by atoms with Gasteiger partial charge in [0.1, 0.15) is 5.82 Å². The zero-order chi connectivity index (χ0) is 13.2. The molecule has 1 aromatic heterocycles. The summed E-state index contributed by atoms with van der Waals surface area (Å²) in [7, 11) is 1.96. The van der Waals surface area contributed by atoms with Gasteiger partial charge in [0.25, 0.3) is 0 Å². The summed E-state index contributed by atoms with van der Waals surface area (Å²) >= 11 is 0. The average molecular weight is 238 g/mol. The molecule has 4 nitrogen and oxygen atoms in total. The number of hydrogen-bond donors (Lipinski definition) is 1. The van der Waals surface area contributed by atoms with E-state index in [-0.39, 0.29) is 5.41 Å². The molecule has 98 valence electrons. The van der Waals surface area contributed by atoms with E-state index < -0.39 is 0 Å². The molecule has 17 heavy (non-hydrogen) atoms. The van der Waals surface area contributed by atoms with Crippen molar-refractivity contribution in [2.45, 2.75) is 52.4 Å². The normalized spacial score (nSPS) is 14.4. The Hall–Kier alpha value is -0.900. The topological polar surface area (TPSA) is 56.7 Å². The van der Waals surface area contributed by atoms with Crippen molar-refractivity contribution in [1.29, 1.82) is 0 Å². The minimum absolute atomic E-state index is 0.00696. The van der Waals surface area contributed by atoms with E-state index in [0.717, 1.165) is 18.1 Å². The monoisotopic (exact) mass is 238 g/mol. The van der Waals surface area contributed by atoms with Crippen molar-refractivity contribution in [3.63, 3.8) is 0 Å². The van der Waals surface area contributed by atoms with Crippen LogP contribution in [-0.4, -0.2) is 21.3 Å². The third-order valence-electron chi connectivity index (χ3n) is 2.87. The molecule has 1 aromatic rings. The maximum Gasteiger partial charge on any atom is 0.156 e. The summed E-state index contributed by atoms with van der Waals surface area (Å²) in [4.78, 5) is 4.68. The van der Waals surface area contributed by atoms with Crippen molar-refractivity contribution in [2.24, 2.45) is 18.7 Å². The summed E-state index contributed by atoms with van der Waals surface area (Å²) in [6, 6.07) is 0. The van der Waals surface area contributed by atoms with Crippen LogP contribution in [0.3, 0.4) is 0 Å². The Morgan fingerprint density at radius 1 is 1.29 bits per heavy atom. The van der Waals surface area contributed by atoms with Crippen molar-refractivity contribution >= 4 is 0 Å². The van der Waals surface area contributed by atoms with Gasteiger partial charge in [-0.3, -0.25) is 4.68 Å². The number of aryl methyl sites for hydroxylation is 1. The Labute approximate surface area is 105 Å². The summed E-state index contributed by atoms with van der Waals surface area (Å²) in [6.45, 7) is 11.5. The quantitative estimate of drug-likeness (QED) is 0.875. The molecule has 1 heterocycles. The first-order valence-corrected chi connectivity index (χ1v) is 6.37. The largest absolute Gasteiger partial charge is 0.330 e. The summed E-state index contributed by atoms with van der Waals surface area (Å²) in [5.74, 6) is 2.85. The molecule has 4 heteroatoms. The Morgan fingerprint density at radius 2 is 1.88 bits per heavy atom. The van der Waals surface area contributed by atoms with Gasteiger partial charge < -0.3 is 5.73 Å². The van der Waals surface area contributed by atoms with Gasteiger partial charge in [-0.25, -0.2) is 4.98 Å². The third kappa shape index (κ3) is 3.53. The standard InChI is InChI=1S/C13H26N4/c1-9(2)7-10(8-14)11-15-12(13(3,4)5)16-17(11)6/h9-10H,7-8,14H2,1-6H3. The number of nitrogens with zero attached hydrogens (tertiary/aromatic N) is 3. The molecule has 0 spiro atoms. The van der Waals surface area contributed by atoms with Crippen LogP contribution >= 0.6 is 0 Å². The first kappa shape index (κ1) is 14.2. The van der Waals surface area contributed by atoms with E-state index in [0.29, 0.717) is 18.4 Å². The van der Waals surface area contributed by atoms with Crippen LogP contribution in [0.15, 0.2) is 0 Å². The molecule has 1 atom stereocenters. The SMILES string of the molecule is CC(C)CC(CN)c1nc(C(C)(C)C)nn1C. The van der Waals surface area contributed by atoms with E-state index in [1.807, 2.05) is 11.7 Å². The van der Waals surface area contributed by atoms with Crippen molar-refractivity contribution in [1.82, 2.24) is 14.8 Å². The summed E-state index contributed by atoms with van der Waals surface area (Å²) < 4.78 is 1.89. The minimum atomic E-state index is -0.00696. The molecule has 0 aliphatic carbocycles. The van der Waals surface area contributed by atoms with Gasteiger partial charge in [0, 0.05) is 24.9 Å².